The third-order valence-electron chi connectivity index (χ3n) is 7.87. The van der Waals surface area contributed by atoms with Crippen molar-refractivity contribution in [2.75, 3.05) is 52.4 Å². The molecule has 0 bridgehead atoms. The quantitative estimate of drug-likeness (QED) is 0.159. The maximum Gasteiger partial charge on any atom is 0.440 e. The van der Waals surface area contributed by atoms with E-state index in [2.05, 4.69) is 15.5 Å². The molecule has 332 valence electrons. The number of nitro benzene ring substituents is 1. The highest BCUT2D eigenvalue weighted by molar-refractivity contribution is 5.76. The van der Waals surface area contributed by atoms with Gasteiger partial charge in [-0.1, -0.05) is 0 Å². The van der Waals surface area contributed by atoms with Crippen LogP contribution in [0.2, 0.25) is 0 Å². The van der Waals surface area contributed by atoms with E-state index in [1.165, 1.54) is 9.80 Å². The summed E-state index contributed by atoms with van der Waals surface area (Å²) in [5.74, 6) is -0.0605. The predicted octanol–water partition coefficient (Wildman–Crippen LogP) is 6.89. The van der Waals surface area contributed by atoms with Crippen molar-refractivity contribution in [1.82, 2.24) is 39.6 Å². The number of hydrogen-bond donors (Lipinski definition) is 1. The van der Waals surface area contributed by atoms with Crippen LogP contribution in [0.1, 0.15) is 65.5 Å². The van der Waals surface area contributed by atoms with Crippen LogP contribution in [0.25, 0.3) is 0 Å². The molecule has 0 radical (unpaired) electrons. The molecule has 2 fully saturated rings. The van der Waals surface area contributed by atoms with Gasteiger partial charge in [-0.2, -0.15) is 45.9 Å². The number of ether oxygens (including phenoxy) is 3. The molecule has 4 heterocycles. The first-order valence-corrected chi connectivity index (χ1v) is 18.4. The highest BCUT2D eigenvalue weighted by Crippen LogP contribution is 2.29. The first-order chi connectivity index (χ1) is 27.7. The Morgan fingerprint density at radius 3 is 1.62 bits per heavy atom. The number of amides is 3. The van der Waals surface area contributed by atoms with Crippen molar-refractivity contribution < 1.29 is 64.7 Å². The lowest BCUT2D eigenvalue weighted by molar-refractivity contribution is -0.384. The minimum atomic E-state index is -4.62. The molecule has 3 amide bonds. The van der Waals surface area contributed by atoms with Crippen molar-refractivity contribution in [3.63, 3.8) is 0 Å². The Morgan fingerprint density at radius 2 is 1.12 bits per heavy atom. The lowest BCUT2D eigenvalue weighted by Gasteiger charge is -2.26. The number of aromatic nitrogens is 4. The molecule has 1 N–H and O–H groups in total. The highest BCUT2D eigenvalue weighted by Gasteiger charge is 2.35. The normalized spacial score (nSPS) is 15.2. The topological polar surface area (TPSA) is 196 Å². The maximum atomic E-state index is 12.6. The molecule has 60 heavy (non-hydrogen) atoms. The van der Waals surface area contributed by atoms with Crippen molar-refractivity contribution in [3.8, 4) is 5.75 Å². The molecule has 2 saturated heterocycles. The van der Waals surface area contributed by atoms with Crippen LogP contribution < -0.4 is 10.1 Å². The average molecular weight is 864 g/mol. The highest BCUT2D eigenvalue weighted by atomic mass is 19.4. The third-order valence-corrected chi connectivity index (χ3v) is 7.87. The van der Waals surface area contributed by atoms with E-state index in [4.69, 9.17) is 14.2 Å². The molecule has 5 rings (SSSR count). The van der Waals surface area contributed by atoms with Crippen LogP contribution in [0.4, 0.5) is 51.2 Å². The minimum absolute atomic E-state index is 0.0605. The molecule has 0 saturated carbocycles. The second kappa shape index (κ2) is 20.4. The summed E-state index contributed by atoms with van der Waals surface area (Å²) in [7, 11) is 0. The summed E-state index contributed by atoms with van der Waals surface area (Å²) in [6.07, 6.45) is -7.26. The monoisotopic (exact) mass is 863 g/mol. The predicted molar refractivity (Wildman–Crippen MR) is 199 cm³/mol. The van der Waals surface area contributed by atoms with Gasteiger partial charge in [0.05, 0.1) is 28.4 Å². The third kappa shape index (κ3) is 16.0. The lowest BCUT2D eigenvalue weighted by atomic mass is 10.2. The van der Waals surface area contributed by atoms with Gasteiger partial charge in [0.15, 0.2) is 0 Å². The van der Waals surface area contributed by atoms with E-state index in [1.54, 1.807) is 25.7 Å². The van der Waals surface area contributed by atoms with E-state index < -0.39 is 57.8 Å². The molecule has 24 heteroatoms. The number of nitrogens with zero attached hydrogens (tertiary/aromatic N) is 8. The van der Waals surface area contributed by atoms with Gasteiger partial charge in [-0.3, -0.25) is 10.1 Å². The van der Waals surface area contributed by atoms with E-state index in [-0.39, 0.29) is 30.6 Å². The summed E-state index contributed by atoms with van der Waals surface area (Å²) in [4.78, 5) is 62.0. The standard InChI is InChI=1S/C15H21F3N4O3.C11H6F3N3O4.C10H20N2O2/c1-14(2,3)25-13(24)21-6-4-5-20(7-8-21)12(23)22-10-11(9-19-22)15(16,17)18;12-11(13,14)7-5-15-16(6-7)10(18)21-9-3-1-8(2-4-9)17(19)20;1-10(2,3)14-9(13)12-7-4-5-11-6-8-12/h9-10H,4-8H2,1-3H3;1-6H;11H,4-8H2,1-3H3. The molecule has 1 aromatic carbocycles. The summed E-state index contributed by atoms with van der Waals surface area (Å²) < 4.78 is 91.2. The molecule has 2 aromatic heterocycles. The summed E-state index contributed by atoms with van der Waals surface area (Å²) in [5, 5.41) is 20.4. The number of nitrogens with one attached hydrogen (secondary N) is 1. The summed E-state index contributed by atoms with van der Waals surface area (Å²) in [6, 6.07) is 3.82. The van der Waals surface area contributed by atoms with Gasteiger partial charge in [-0.15, -0.1) is 0 Å². The van der Waals surface area contributed by atoms with Crippen molar-refractivity contribution >= 4 is 30.0 Å². The fourth-order valence-corrected chi connectivity index (χ4v) is 5.04. The number of rotatable bonds is 2. The van der Waals surface area contributed by atoms with Crippen LogP contribution in [0.3, 0.4) is 0 Å². The van der Waals surface area contributed by atoms with Gasteiger partial charge in [0.25, 0.3) is 5.69 Å². The van der Waals surface area contributed by atoms with Gasteiger partial charge < -0.3 is 34.2 Å². The van der Waals surface area contributed by atoms with Crippen molar-refractivity contribution in [1.29, 1.82) is 0 Å². The average Bonchev–Trinajstić information content (AvgIpc) is 3.69. The molecule has 3 aromatic rings. The number of hydrogen-bond acceptors (Lipinski definition) is 12. The fraction of sp³-hybridized carbons (Fsp3) is 0.556. The second-order valence-corrected chi connectivity index (χ2v) is 15.1. The van der Waals surface area contributed by atoms with Crippen LogP contribution in [0.15, 0.2) is 49.1 Å². The molecule has 0 atom stereocenters. The van der Waals surface area contributed by atoms with Gasteiger partial charge >= 0.3 is 36.7 Å². The smallest absolute Gasteiger partial charge is 0.440 e. The van der Waals surface area contributed by atoms with Gasteiger partial charge in [-0.05, 0) is 73.1 Å². The fourth-order valence-electron chi connectivity index (χ4n) is 5.04. The Balaban J connectivity index is 0.000000250. The number of halogens is 6. The van der Waals surface area contributed by atoms with Gasteiger partial charge in [0.1, 0.15) is 17.0 Å². The Morgan fingerprint density at radius 1 is 0.650 bits per heavy atom. The van der Waals surface area contributed by atoms with Crippen molar-refractivity contribution in [2.24, 2.45) is 0 Å². The first-order valence-electron chi connectivity index (χ1n) is 18.4. The molecule has 0 spiro atoms. The van der Waals surface area contributed by atoms with Crippen molar-refractivity contribution in [2.45, 2.75) is 77.9 Å². The Hall–Kier alpha value is -5.94. The Kier molecular flexibility index (Phi) is 16.4. The molecular formula is C36H47F6N9O9. The van der Waals surface area contributed by atoms with E-state index in [0.717, 1.165) is 56.9 Å². The number of non-ortho nitro benzene ring substituents is 1. The number of nitro groups is 1. The van der Waals surface area contributed by atoms with Gasteiger partial charge in [-0.25, -0.2) is 19.2 Å². The summed E-state index contributed by atoms with van der Waals surface area (Å²) >= 11 is 0. The first kappa shape index (κ1) is 48.4. The number of alkyl halides is 6. The van der Waals surface area contributed by atoms with Crippen LogP contribution >= 0.6 is 0 Å². The lowest BCUT2D eigenvalue weighted by Crippen LogP contribution is -2.41. The van der Waals surface area contributed by atoms with Crippen molar-refractivity contribution in [3.05, 3.63) is 70.3 Å². The maximum absolute atomic E-state index is 12.6. The summed E-state index contributed by atoms with van der Waals surface area (Å²) in [6.45, 7) is 15.5. The Bertz CT molecular complexity index is 1910. The van der Waals surface area contributed by atoms with E-state index in [1.807, 2.05) is 20.8 Å². The van der Waals surface area contributed by atoms with Gasteiger partial charge in [0.2, 0.25) is 0 Å². The largest absolute Gasteiger partial charge is 0.444 e. The zero-order chi connectivity index (χ0) is 45.1. The van der Waals surface area contributed by atoms with E-state index in [9.17, 15) is 55.6 Å². The zero-order valence-corrected chi connectivity index (χ0v) is 33.7. The van der Waals surface area contributed by atoms with E-state index in [0.29, 0.717) is 53.7 Å². The minimum Gasteiger partial charge on any atom is -0.444 e. The Labute approximate surface area is 340 Å². The zero-order valence-electron chi connectivity index (χ0n) is 33.7. The number of carbonyl (C=O) groups is 4. The van der Waals surface area contributed by atoms with Crippen LogP contribution in [0.5, 0.6) is 5.75 Å². The SMILES string of the molecule is CC(C)(C)OC(=O)N1CCCN(C(=O)n2cc(C(F)(F)F)cn2)CC1.CC(C)(C)OC(=O)N1CCCNCC1.O=C(Oc1ccc([N+](=O)[O-])cc1)n1cc(C(F)(F)F)cn1. The molecule has 0 aliphatic carbocycles. The number of carbonyl (C=O) groups excluding carboxylic acids is 4. The summed E-state index contributed by atoms with van der Waals surface area (Å²) in [5.41, 5.74) is -3.30. The van der Waals surface area contributed by atoms with E-state index >= 15 is 0 Å². The molecule has 18 nitrogen and oxygen atoms in total. The molecule has 2 aliphatic rings. The molecular weight excluding hydrogens is 816 g/mol. The van der Waals surface area contributed by atoms with Gasteiger partial charge in [0, 0.05) is 70.3 Å². The van der Waals surface area contributed by atoms with Crippen LogP contribution in [-0.4, -0.2) is 127 Å². The van der Waals surface area contributed by atoms with Crippen LogP contribution in [0, 0.1) is 10.1 Å². The van der Waals surface area contributed by atoms with Crippen LogP contribution in [-0.2, 0) is 21.8 Å². The second-order valence-electron chi connectivity index (χ2n) is 15.1. The number of benzene rings is 1. The molecule has 0 unspecified atom stereocenters. The molecule has 2 aliphatic heterocycles.